The minimum atomic E-state index is 0. The summed E-state index contributed by atoms with van der Waals surface area (Å²) in [4.78, 5) is 4.74. The van der Waals surface area contributed by atoms with Crippen LogP contribution >= 0.6 is 39.9 Å². The molecule has 7 heteroatoms. The number of nitrogens with zero attached hydrogens (tertiary/aromatic N) is 1. The highest BCUT2D eigenvalue weighted by molar-refractivity contribution is 14.0. The van der Waals surface area contributed by atoms with Gasteiger partial charge in [0.15, 0.2) is 5.96 Å². The first-order chi connectivity index (χ1) is 13.0. The fourth-order valence-corrected chi connectivity index (χ4v) is 2.75. The third-order valence-corrected chi connectivity index (χ3v) is 4.82. The number of hydrogen-bond acceptors (Lipinski definition) is 3. The van der Waals surface area contributed by atoms with Crippen molar-refractivity contribution in [1.29, 1.82) is 0 Å². The molecule has 0 spiro atoms. The largest absolute Gasteiger partial charge is 0.469 e. The van der Waals surface area contributed by atoms with Crippen LogP contribution in [0.2, 0.25) is 0 Å². The van der Waals surface area contributed by atoms with Crippen LogP contribution in [-0.2, 0) is 17.7 Å². The number of rotatable bonds is 10. The van der Waals surface area contributed by atoms with Gasteiger partial charge in [-0.05, 0) is 41.7 Å². The molecule has 2 N–H and O–H groups in total. The summed E-state index contributed by atoms with van der Waals surface area (Å²) >= 11 is 3.47. The van der Waals surface area contributed by atoms with Gasteiger partial charge in [-0.25, -0.2) is 4.99 Å². The summed E-state index contributed by atoms with van der Waals surface area (Å²) in [6, 6.07) is 12.1. The second-order valence-corrected chi connectivity index (χ2v) is 8.22. The van der Waals surface area contributed by atoms with Gasteiger partial charge in [0.1, 0.15) is 5.76 Å². The Bertz CT molecular complexity index is 688. The summed E-state index contributed by atoms with van der Waals surface area (Å²) in [5.74, 6) is 1.78. The molecule has 0 saturated heterocycles. The number of guanidine groups is 1. The van der Waals surface area contributed by atoms with E-state index in [2.05, 4.69) is 52.5 Å². The first-order valence-electron chi connectivity index (χ1n) is 9.26. The van der Waals surface area contributed by atoms with Crippen LogP contribution < -0.4 is 10.6 Å². The molecule has 1 heterocycles. The average molecular weight is 564 g/mol. The van der Waals surface area contributed by atoms with E-state index in [4.69, 9.17) is 14.1 Å². The lowest BCUT2D eigenvalue weighted by atomic mass is 9.90. The quantitative estimate of drug-likeness (QED) is 0.243. The Morgan fingerprint density at radius 3 is 2.57 bits per heavy atom. The average Bonchev–Trinajstić information content (AvgIpc) is 3.17. The highest BCUT2D eigenvalue weighted by atomic mass is 127. The summed E-state index contributed by atoms with van der Waals surface area (Å²) in [6.45, 7) is 7.43. The van der Waals surface area contributed by atoms with E-state index in [1.165, 1.54) is 5.56 Å². The number of halogens is 2. The van der Waals surface area contributed by atoms with Gasteiger partial charge in [0.2, 0.25) is 0 Å². The predicted molar refractivity (Wildman–Crippen MR) is 129 cm³/mol. The van der Waals surface area contributed by atoms with Crippen molar-refractivity contribution in [2.45, 2.75) is 33.2 Å². The zero-order valence-corrected chi connectivity index (χ0v) is 20.8. The number of aliphatic imine (C=N–C) groups is 1. The van der Waals surface area contributed by atoms with Crippen molar-refractivity contribution >= 4 is 45.9 Å². The molecule has 1 aromatic carbocycles. The zero-order chi connectivity index (χ0) is 19.5. The molecule has 0 saturated carbocycles. The molecule has 0 unspecified atom stereocenters. The molecule has 5 nitrogen and oxygen atoms in total. The van der Waals surface area contributed by atoms with E-state index in [-0.39, 0.29) is 29.4 Å². The lowest BCUT2D eigenvalue weighted by Crippen LogP contribution is -2.43. The topological polar surface area (TPSA) is 58.8 Å². The monoisotopic (exact) mass is 563 g/mol. The first kappa shape index (κ1) is 25.0. The molecule has 0 amide bonds. The Morgan fingerprint density at radius 1 is 1.18 bits per heavy atom. The van der Waals surface area contributed by atoms with Gasteiger partial charge in [0.05, 0.1) is 12.8 Å². The lowest BCUT2D eigenvalue weighted by molar-refractivity contribution is 0.153. The van der Waals surface area contributed by atoms with Gasteiger partial charge in [-0.3, -0.25) is 0 Å². The van der Waals surface area contributed by atoms with Crippen molar-refractivity contribution in [2.75, 3.05) is 26.8 Å². The summed E-state index contributed by atoms with van der Waals surface area (Å²) in [5.41, 5.74) is 1.29. The van der Waals surface area contributed by atoms with Crippen molar-refractivity contribution in [3.8, 4) is 0 Å². The second kappa shape index (κ2) is 13.2. The molecule has 0 bridgehead atoms. The smallest absolute Gasteiger partial charge is 0.191 e. The summed E-state index contributed by atoms with van der Waals surface area (Å²) in [5, 5.41) is 6.88. The fraction of sp³-hybridized carbons (Fsp3) is 0.476. The molecule has 0 atom stereocenters. The molecule has 2 rings (SSSR count). The van der Waals surface area contributed by atoms with Gasteiger partial charge in [0, 0.05) is 37.7 Å². The van der Waals surface area contributed by atoms with E-state index in [1.807, 2.05) is 24.3 Å². The van der Waals surface area contributed by atoms with Crippen LogP contribution in [0, 0.1) is 5.41 Å². The molecule has 0 aliphatic rings. The number of nitrogens with one attached hydrogen (secondary N) is 2. The van der Waals surface area contributed by atoms with Gasteiger partial charge in [-0.1, -0.05) is 41.9 Å². The normalized spacial score (nSPS) is 11.8. The van der Waals surface area contributed by atoms with E-state index < -0.39 is 0 Å². The molecule has 1 aromatic heterocycles. The number of methoxy groups -OCH3 is 1. The fourth-order valence-electron chi connectivity index (χ4n) is 2.48. The molecule has 0 aliphatic heterocycles. The number of benzene rings is 1. The molecule has 0 radical (unpaired) electrons. The number of hydrogen-bond donors (Lipinski definition) is 2. The third-order valence-electron chi connectivity index (χ3n) is 4.29. The van der Waals surface area contributed by atoms with Gasteiger partial charge in [-0.2, -0.15) is 0 Å². The van der Waals surface area contributed by atoms with Crippen molar-refractivity contribution in [1.82, 2.24) is 10.6 Å². The number of furan rings is 1. The maximum atomic E-state index is 5.40. The first-order valence-corrected chi connectivity index (χ1v) is 10.1. The van der Waals surface area contributed by atoms with Gasteiger partial charge in [0.25, 0.3) is 0 Å². The Kier molecular flexibility index (Phi) is 11.8. The van der Waals surface area contributed by atoms with E-state index in [0.29, 0.717) is 6.54 Å². The highest BCUT2D eigenvalue weighted by Gasteiger charge is 2.18. The van der Waals surface area contributed by atoms with Gasteiger partial charge >= 0.3 is 0 Å². The van der Waals surface area contributed by atoms with E-state index >= 15 is 0 Å². The van der Waals surface area contributed by atoms with Crippen molar-refractivity contribution in [3.05, 3.63) is 58.5 Å². The van der Waals surface area contributed by atoms with Gasteiger partial charge in [-0.15, -0.1) is 24.0 Å². The molecular formula is C21H31BrIN3O2. The molecule has 28 heavy (non-hydrogen) atoms. The molecule has 0 fully saturated rings. The summed E-state index contributed by atoms with van der Waals surface area (Å²) in [7, 11) is 1.74. The maximum absolute atomic E-state index is 5.40. The lowest BCUT2D eigenvalue weighted by Gasteiger charge is -2.26. The van der Waals surface area contributed by atoms with E-state index in [0.717, 1.165) is 48.7 Å². The second-order valence-electron chi connectivity index (χ2n) is 7.31. The van der Waals surface area contributed by atoms with Crippen LogP contribution in [0.4, 0.5) is 0 Å². The van der Waals surface area contributed by atoms with Crippen LogP contribution in [-0.4, -0.2) is 32.8 Å². The number of ether oxygens (including phenoxy) is 1. The van der Waals surface area contributed by atoms with Crippen molar-refractivity contribution in [3.63, 3.8) is 0 Å². The summed E-state index contributed by atoms with van der Waals surface area (Å²) in [6.07, 6.45) is 3.51. The van der Waals surface area contributed by atoms with Crippen LogP contribution in [0.15, 0.2) is 56.5 Å². The Balaban J connectivity index is 0.00000392. The SMILES string of the molecule is COCCC(C)(C)CNC(=NCc1ccc(Br)cc1)NCCc1ccco1.I. The van der Waals surface area contributed by atoms with E-state index in [1.54, 1.807) is 13.4 Å². The Hall–Kier alpha value is -1.06. The molecule has 156 valence electrons. The molecule has 2 aromatic rings. The minimum absolute atomic E-state index is 0. The third kappa shape index (κ3) is 9.93. The van der Waals surface area contributed by atoms with Gasteiger partial charge < -0.3 is 19.8 Å². The van der Waals surface area contributed by atoms with Crippen molar-refractivity contribution < 1.29 is 9.15 Å². The zero-order valence-electron chi connectivity index (χ0n) is 16.8. The predicted octanol–water partition coefficient (Wildman–Crippen LogP) is 5.00. The standard InChI is InChI=1S/C21H30BrN3O2.HI/c1-21(2,11-14-26-3)16-25-20(23-12-10-19-5-4-13-27-19)24-15-17-6-8-18(22)9-7-17;/h4-9,13H,10-12,14-16H2,1-3H3,(H2,23,24,25);1H. The van der Waals surface area contributed by atoms with E-state index in [9.17, 15) is 0 Å². The summed E-state index contributed by atoms with van der Waals surface area (Å²) < 4.78 is 11.7. The van der Waals surface area contributed by atoms with Crippen LogP contribution in [0.3, 0.4) is 0 Å². The minimum Gasteiger partial charge on any atom is -0.469 e. The van der Waals surface area contributed by atoms with Crippen molar-refractivity contribution in [2.24, 2.45) is 10.4 Å². The maximum Gasteiger partial charge on any atom is 0.191 e. The van der Waals surface area contributed by atoms with Crippen LogP contribution in [0.25, 0.3) is 0 Å². The van der Waals surface area contributed by atoms with Crippen LogP contribution in [0.1, 0.15) is 31.6 Å². The van der Waals surface area contributed by atoms with Crippen LogP contribution in [0.5, 0.6) is 0 Å². The molecule has 0 aliphatic carbocycles. The highest BCUT2D eigenvalue weighted by Crippen LogP contribution is 2.18. The Morgan fingerprint density at radius 2 is 1.93 bits per heavy atom. The molecular weight excluding hydrogens is 533 g/mol. The Labute approximate surface area is 193 Å².